The number of hydrogen-bond acceptors (Lipinski definition) is 3. The fourth-order valence-corrected chi connectivity index (χ4v) is 4.29. The lowest BCUT2D eigenvalue weighted by Crippen LogP contribution is -2.23. The van der Waals surface area contributed by atoms with E-state index in [4.69, 9.17) is 0 Å². The molecule has 0 aliphatic heterocycles. The van der Waals surface area contributed by atoms with Crippen LogP contribution in [0.2, 0.25) is 0 Å². The van der Waals surface area contributed by atoms with Crippen molar-refractivity contribution in [2.75, 3.05) is 0 Å². The third-order valence-corrected chi connectivity index (χ3v) is 5.88. The normalized spacial score (nSPS) is 30.2. The highest BCUT2D eigenvalue weighted by atomic mass is 79.9. The Hall–Kier alpha value is -0.370. The number of hydrogen-bond donors (Lipinski definition) is 1. The Kier molecular flexibility index (Phi) is 3.63. The van der Waals surface area contributed by atoms with Gasteiger partial charge >= 0.3 is 0 Å². The van der Waals surface area contributed by atoms with E-state index in [-0.39, 0.29) is 0 Å². The van der Waals surface area contributed by atoms with Crippen LogP contribution in [0.5, 0.6) is 0 Å². The van der Waals surface area contributed by atoms with Gasteiger partial charge in [-0.2, -0.15) is 5.26 Å². The van der Waals surface area contributed by atoms with Crippen LogP contribution in [-0.4, -0.2) is 5.11 Å². The second-order valence-electron chi connectivity index (χ2n) is 5.07. The molecule has 0 bridgehead atoms. The summed E-state index contributed by atoms with van der Waals surface area (Å²) in [6, 6.07) is 4.33. The zero-order valence-corrected chi connectivity index (χ0v) is 12.4. The zero-order chi connectivity index (χ0) is 12.6. The third-order valence-electron chi connectivity index (χ3n) is 3.69. The fourth-order valence-electron chi connectivity index (χ4n) is 2.63. The molecule has 1 N–H and O–H groups in total. The Morgan fingerprint density at radius 1 is 1.71 bits per heavy atom. The van der Waals surface area contributed by atoms with Crippen LogP contribution in [0.15, 0.2) is 10.5 Å². The maximum absolute atomic E-state index is 10.5. The van der Waals surface area contributed by atoms with E-state index < -0.39 is 11.5 Å². The summed E-state index contributed by atoms with van der Waals surface area (Å²) in [7, 11) is 0. The van der Waals surface area contributed by atoms with Gasteiger partial charge < -0.3 is 5.11 Å². The van der Waals surface area contributed by atoms with Crippen molar-refractivity contribution in [3.05, 3.63) is 20.3 Å². The summed E-state index contributed by atoms with van der Waals surface area (Å²) >= 11 is 5.04. The van der Waals surface area contributed by atoms with E-state index in [9.17, 15) is 10.4 Å². The molecule has 2 rings (SSSR count). The van der Waals surface area contributed by atoms with E-state index in [1.165, 1.54) is 0 Å². The van der Waals surface area contributed by atoms with E-state index in [2.05, 4.69) is 28.9 Å². The van der Waals surface area contributed by atoms with Gasteiger partial charge in [0.25, 0.3) is 0 Å². The Labute approximate surface area is 114 Å². The minimum absolute atomic E-state index is 0.536. The van der Waals surface area contributed by atoms with Crippen LogP contribution in [0.25, 0.3) is 0 Å². The SMILES string of the molecule is Cc1sc(C(O)C2(C#N)CCC(C)C2)cc1Br. The molecule has 1 aliphatic carbocycles. The monoisotopic (exact) mass is 313 g/mol. The average molecular weight is 314 g/mol. The number of nitriles is 1. The van der Waals surface area contributed by atoms with E-state index in [1.807, 2.05) is 13.0 Å². The number of halogens is 1. The van der Waals surface area contributed by atoms with Crippen LogP contribution in [0, 0.1) is 29.6 Å². The summed E-state index contributed by atoms with van der Waals surface area (Å²) in [6.45, 7) is 4.17. The number of nitrogens with zero attached hydrogens (tertiary/aromatic N) is 1. The predicted octanol–water partition coefficient (Wildman–Crippen LogP) is 4.18. The van der Waals surface area contributed by atoms with Crippen molar-refractivity contribution in [1.29, 1.82) is 5.26 Å². The van der Waals surface area contributed by atoms with Crippen molar-refractivity contribution in [2.24, 2.45) is 11.3 Å². The van der Waals surface area contributed by atoms with Gasteiger partial charge in [-0.1, -0.05) is 6.92 Å². The lowest BCUT2D eigenvalue weighted by Gasteiger charge is -2.26. The van der Waals surface area contributed by atoms with Crippen LogP contribution in [0.1, 0.15) is 42.0 Å². The first kappa shape index (κ1) is 13.1. The van der Waals surface area contributed by atoms with Gasteiger partial charge in [0.1, 0.15) is 6.10 Å². The van der Waals surface area contributed by atoms with Gasteiger partial charge in [0.2, 0.25) is 0 Å². The molecule has 1 aliphatic rings. The molecule has 0 amide bonds. The standard InChI is InChI=1S/C13H16BrNOS/c1-8-3-4-13(6-8,7-15)12(16)11-5-10(14)9(2)17-11/h5,8,12,16H,3-4,6H2,1-2H3. The predicted molar refractivity (Wildman–Crippen MR) is 72.8 cm³/mol. The molecular formula is C13H16BrNOS. The fraction of sp³-hybridized carbons (Fsp3) is 0.615. The van der Waals surface area contributed by atoms with Crippen LogP contribution in [0.3, 0.4) is 0 Å². The first-order chi connectivity index (χ1) is 7.98. The molecule has 2 nitrogen and oxygen atoms in total. The summed E-state index contributed by atoms with van der Waals surface area (Å²) < 4.78 is 1.02. The second-order valence-corrected chi connectivity index (χ2v) is 7.21. The van der Waals surface area contributed by atoms with Gasteiger partial charge in [-0.3, -0.25) is 0 Å². The molecule has 0 radical (unpaired) electrons. The van der Waals surface area contributed by atoms with Crippen molar-refractivity contribution in [3.63, 3.8) is 0 Å². The summed E-state index contributed by atoms with van der Waals surface area (Å²) in [5, 5.41) is 19.9. The molecule has 1 aromatic heterocycles. The van der Waals surface area contributed by atoms with Crippen molar-refractivity contribution in [3.8, 4) is 6.07 Å². The van der Waals surface area contributed by atoms with Gasteiger partial charge in [0.15, 0.2) is 0 Å². The molecule has 92 valence electrons. The highest BCUT2D eigenvalue weighted by molar-refractivity contribution is 9.10. The highest BCUT2D eigenvalue weighted by Gasteiger charge is 2.45. The van der Waals surface area contributed by atoms with Crippen LogP contribution >= 0.6 is 27.3 Å². The van der Waals surface area contributed by atoms with Gasteiger partial charge in [0.05, 0.1) is 11.5 Å². The van der Waals surface area contributed by atoms with Crippen LogP contribution in [0.4, 0.5) is 0 Å². The minimum Gasteiger partial charge on any atom is -0.386 e. The van der Waals surface area contributed by atoms with Crippen molar-refractivity contribution >= 4 is 27.3 Å². The summed E-state index contributed by atoms with van der Waals surface area (Å²) in [5.41, 5.74) is -0.573. The molecule has 0 aromatic carbocycles. The van der Waals surface area contributed by atoms with E-state index >= 15 is 0 Å². The molecule has 1 saturated carbocycles. The minimum atomic E-state index is -0.646. The average Bonchev–Trinajstić information content (AvgIpc) is 2.84. The summed E-state index contributed by atoms with van der Waals surface area (Å²) in [4.78, 5) is 2.06. The largest absolute Gasteiger partial charge is 0.386 e. The Bertz CT molecular complexity index is 445. The third kappa shape index (κ3) is 2.29. The van der Waals surface area contributed by atoms with E-state index in [1.54, 1.807) is 11.3 Å². The molecule has 1 aromatic rings. The molecule has 3 unspecified atom stereocenters. The number of aliphatic hydroxyl groups is 1. The van der Waals surface area contributed by atoms with Crippen molar-refractivity contribution in [1.82, 2.24) is 0 Å². The molecule has 4 heteroatoms. The molecule has 1 heterocycles. The maximum Gasteiger partial charge on any atom is 0.107 e. The van der Waals surface area contributed by atoms with Crippen LogP contribution in [-0.2, 0) is 0 Å². The molecule has 17 heavy (non-hydrogen) atoms. The lowest BCUT2D eigenvalue weighted by atomic mass is 9.80. The van der Waals surface area contributed by atoms with E-state index in [0.29, 0.717) is 5.92 Å². The quantitative estimate of drug-likeness (QED) is 0.890. The molecule has 0 saturated heterocycles. The lowest BCUT2D eigenvalue weighted by molar-refractivity contribution is 0.0678. The van der Waals surface area contributed by atoms with Gasteiger partial charge in [-0.05, 0) is 54.1 Å². The van der Waals surface area contributed by atoms with Gasteiger partial charge in [-0.15, -0.1) is 11.3 Å². The number of aliphatic hydroxyl groups excluding tert-OH is 1. The summed E-state index contributed by atoms with van der Waals surface area (Å²) in [5.74, 6) is 0.536. The van der Waals surface area contributed by atoms with Crippen LogP contribution < -0.4 is 0 Å². The van der Waals surface area contributed by atoms with Gasteiger partial charge in [0, 0.05) is 14.2 Å². The molecule has 1 fully saturated rings. The smallest absolute Gasteiger partial charge is 0.107 e. The van der Waals surface area contributed by atoms with Gasteiger partial charge in [-0.25, -0.2) is 0 Å². The zero-order valence-electron chi connectivity index (χ0n) is 10.0. The van der Waals surface area contributed by atoms with Crippen molar-refractivity contribution < 1.29 is 5.11 Å². The first-order valence-corrected chi connectivity index (χ1v) is 7.44. The maximum atomic E-state index is 10.5. The second kappa shape index (κ2) is 4.72. The Balaban J connectivity index is 2.30. The Morgan fingerprint density at radius 2 is 2.41 bits per heavy atom. The first-order valence-electron chi connectivity index (χ1n) is 5.83. The van der Waals surface area contributed by atoms with E-state index in [0.717, 1.165) is 33.5 Å². The number of rotatable bonds is 2. The molecular weight excluding hydrogens is 298 g/mol. The highest BCUT2D eigenvalue weighted by Crippen LogP contribution is 2.51. The number of thiophene rings is 1. The number of aryl methyl sites for hydroxylation is 1. The van der Waals surface area contributed by atoms with Crippen molar-refractivity contribution in [2.45, 2.75) is 39.2 Å². The topological polar surface area (TPSA) is 44.0 Å². The molecule has 0 spiro atoms. The summed E-state index contributed by atoms with van der Waals surface area (Å²) in [6.07, 6.45) is 2.00. The molecule has 3 atom stereocenters. The Morgan fingerprint density at radius 3 is 2.82 bits per heavy atom.